The van der Waals surface area contributed by atoms with Gasteiger partial charge in [0.1, 0.15) is 22.8 Å². The summed E-state index contributed by atoms with van der Waals surface area (Å²) in [4.78, 5) is 40.6. The molecule has 0 aliphatic carbocycles. The van der Waals surface area contributed by atoms with Crippen molar-refractivity contribution in [2.75, 3.05) is 11.9 Å². The molecule has 8 nitrogen and oxygen atoms in total. The minimum Gasteiger partial charge on any atom is -0.444 e. The van der Waals surface area contributed by atoms with Gasteiger partial charge in [0.25, 0.3) is 5.91 Å². The number of ether oxygens (including phenoxy) is 1. The molecule has 0 unspecified atom stereocenters. The van der Waals surface area contributed by atoms with Gasteiger partial charge in [-0.1, -0.05) is 36.4 Å². The second-order valence-corrected chi connectivity index (χ2v) is 8.94. The van der Waals surface area contributed by atoms with Crippen molar-refractivity contribution in [2.24, 2.45) is 0 Å². The van der Waals surface area contributed by atoms with Gasteiger partial charge in [-0.25, -0.2) is 9.59 Å². The highest BCUT2D eigenvalue weighted by Gasteiger charge is 2.52. The Morgan fingerprint density at radius 1 is 1.15 bits per heavy atom. The number of nitriles is 1. The van der Waals surface area contributed by atoms with Crippen LogP contribution in [0.2, 0.25) is 0 Å². The van der Waals surface area contributed by atoms with Crippen LogP contribution in [-0.4, -0.2) is 24.6 Å². The number of anilines is 1. The molecular formula is C25H23N3O5. The van der Waals surface area contributed by atoms with E-state index >= 15 is 0 Å². The van der Waals surface area contributed by atoms with Gasteiger partial charge in [0.05, 0.1) is 0 Å². The molecule has 1 atom stereocenters. The molecule has 2 amide bonds. The van der Waals surface area contributed by atoms with Gasteiger partial charge in [0.2, 0.25) is 0 Å². The van der Waals surface area contributed by atoms with Crippen molar-refractivity contribution >= 4 is 28.7 Å². The van der Waals surface area contributed by atoms with Gasteiger partial charge < -0.3 is 19.4 Å². The first-order valence-electron chi connectivity index (χ1n) is 10.4. The van der Waals surface area contributed by atoms with E-state index < -0.39 is 28.8 Å². The number of rotatable bonds is 3. The summed E-state index contributed by atoms with van der Waals surface area (Å²) in [7, 11) is 1.61. The van der Waals surface area contributed by atoms with Gasteiger partial charge in [-0.15, -0.1) is 0 Å². The normalized spacial score (nSPS) is 17.5. The molecule has 0 bridgehead atoms. The van der Waals surface area contributed by atoms with Crippen LogP contribution >= 0.6 is 0 Å². The van der Waals surface area contributed by atoms with Crippen LogP contribution in [0.3, 0.4) is 0 Å². The average molecular weight is 445 g/mol. The number of fused-ring (bicyclic) bond motifs is 2. The molecule has 2 aromatic carbocycles. The van der Waals surface area contributed by atoms with Gasteiger partial charge in [-0.3, -0.25) is 4.79 Å². The third-order valence-corrected chi connectivity index (χ3v) is 5.58. The highest BCUT2D eigenvalue weighted by Crippen LogP contribution is 2.42. The predicted octanol–water partition coefficient (Wildman–Crippen LogP) is 3.60. The van der Waals surface area contributed by atoms with E-state index in [0.717, 1.165) is 0 Å². The van der Waals surface area contributed by atoms with Crippen LogP contribution in [0.4, 0.5) is 10.5 Å². The number of nitrogens with one attached hydrogen (secondary N) is 1. The smallest absolute Gasteiger partial charge is 0.408 e. The molecule has 0 saturated carbocycles. The largest absolute Gasteiger partial charge is 0.444 e. The quantitative estimate of drug-likeness (QED) is 0.617. The Morgan fingerprint density at radius 2 is 1.82 bits per heavy atom. The summed E-state index contributed by atoms with van der Waals surface area (Å²) in [5.41, 5.74) is -1.62. The standard InChI is InChI=1S/C25H23N3O5/c1-24(2,3)33-23(31)27-25(18-10-6-7-11-19(18)28(4)22(25)30)13-16-15-9-5-8-12-20(15)32-21(29)17(16)14-26/h5-12H,13H2,1-4H3,(H,27,31)/t25-/m1/s1. The zero-order valence-corrected chi connectivity index (χ0v) is 18.8. The first kappa shape index (κ1) is 22.1. The molecule has 4 rings (SSSR count). The second kappa shape index (κ2) is 7.78. The van der Waals surface area contributed by atoms with Gasteiger partial charge in [-0.05, 0) is 38.5 Å². The van der Waals surface area contributed by atoms with E-state index in [1.165, 1.54) is 4.90 Å². The monoisotopic (exact) mass is 445 g/mol. The van der Waals surface area contributed by atoms with Crippen molar-refractivity contribution in [1.29, 1.82) is 5.26 Å². The fourth-order valence-electron chi connectivity index (χ4n) is 4.23. The summed E-state index contributed by atoms with van der Waals surface area (Å²) in [6.45, 7) is 5.17. The van der Waals surface area contributed by atoms with E-state index in [9.17, 15) is 19.6 Å². The number of benzene rings is 2. The van der Waals surface area contributed by atoms with Gasteiger partial charge in [0, 0.05) is 30.1 Å². The second-order valence-electron chi connectivity index (χ2n) is 8.94. The van der Waals surface area contributed by atoms with E-state index in [4.69, 9.17) is 9.15 Å². The molecular weight excluding hydrogens is 422 g/mol. The van der Waals surface area contributed by atoms with Crippen molar-refractivity contribution in [3.8, 4) is 6.07 Å². The Morgan fingerprint density at radius 3 is 2.52 bits per heavy atom. The van der Waals surface area contributed by atoms with Gasteiger partial charge in [-0.2, -0.15) is 5.26 Å². The summed E-state index contributed by atoms with van der Waals surface area (Å²) in [5, 5.41) is 13.0. The maximum atomic E-state index is 13.7. The Kier molecular flexibility index (Phi) is 5.21. The lowest BCUT2D eigenvalue weighted by Crippen LogP contribution is -2.55. The molecule has 0 fully saturated rings. The molecule has 1 aliphatic rings. The molecule has 0 spiro atoms. The Hall–Kier alpha value is -4.12. The predicted molar refractivity (Wildman–Crippen MR) is 122 cm³/mol. The van der Waals surface area contributed by atoms with E-state index in [1.54, 1.807) is 76.3 Å². The van der Waals surface area contributed by atoms with Crippen LogP contribution in [0.1, 0.15) is 37.5 Å². The number of carbonyl (C=O) groups is 2. The number of alkyl carbamates (subject to hydrolysis) is 1. The summed E-state index contributed by atoms with van der Waals surface area (Å²) < 4.78 is 10.8. The van der Waals surface area contributed by atoms with Crippen molar-refractivity contribution < 1.29 is 18.7 Å². The Balaban J connectivity index is 1.96. The number of likely N-dealkylation sites (N-methyl/N-ethyl adjacent to an activating group) is 1. The van der Waals surface area contributed by atoms with E-state index in [1.807, 2.05) is 6.07 Å². The zero-order valence-electron chi connectivity index (χ0n) is 18.8. The van der Waals surface area contributed by atoms with Gasteiger partial charge >= 0.3 is 11.7 Å². The van der Waals surface area contributed by atoms with Crippen LogP contribution in [0.5, 0.6) is 0 Å². The van der Waals surface area contributed by atoms with Crippen LogP contribution in [0, 0.1) is 11.3 Å². The SMILES string of the molecule is CN1C(=O)[C@](Cc2c(C#N)c(=O)oc3ccccc23)(NC(=O)OC(C)(C)C)c2ccccc21. The molecule has 3 aromatic rings. The Labute approximate surface area is 190 Å². The topological polar surface area (TPSA) is 113 Å². The molecule has 8 heteroatoms. The number of carbonyl (C=O) groups excluding carboxylic acids is 2. The van der Waals surface area contributed by atoms with Gasteiger partial charge in [0.15, 0.2) is 5.54 Å². The average Bonchev–Trinajstić information content (AvgIpc) is 2.95. The fraction of sp³-hybridized carbons (Fsp3) is 0.280. The third kappa shape index (κ3) is 3.72. The maximum absolute atomic E-state index is 13.7. The lowest BCUT2D eigenvalue weighted by molar-refractivity contribution is -0.124. The summed E-state index contributed by atoms with van der Waals surface area (Å²) in [6, 6.07) is 15.8. The van der Waals surface area contributed by atoms with Crippen molar-refractivity contribution in [1.82, 2.24) is 5.32 Å². The van der Waals surface area contributed by atoms with Crippen molar-refractivity contribution in [2.45, 2.75) is 38.3 Å². The highest BCUT2D eigenvalue weighted by atomic mass is 16.6. The van der Waals surface area contributed by atoms with Crippen molar-refractivity contribution in [3.05, 3.63) is 75.6 Å². The first-order valence-corrected chi connectivity index (χ1v) is 10.4. The first-order chi connectivity index (χ1) is 15.6. The molecule has 1 N–H and O–H groups in total. The van der Waals surface area contributed by atoms with Crippen LogP contribution < -0.4 is 15.8 Å². The lowest BCUT2D eigenvalue weighted by atomic mass is 9.82. The molecule has 33 heavy (non-hydrogen) atoms. The number of hydrogen-bond acceptors (Lipinski definition) is 6. The molecule has 0 saturated heterocycles. The third-order valence-electron chi connectivity index (χ3n) is 5.58. The molecule has 168 valence electrons. The summed E-state index contributed by atoms with van der Waals surface area (Å²) in [6.07, 6.45) is -0.923. The number of amides is 2. The maximum Gasteiger partial charge on any atom is 0.408 e. The van der Waals surface area contributed by atoms with Crippen LogP contribution in [-0.2, 0) is 21.5 Å². The Bertz CT molecular complexity index is 1380. The number of nitrogens with zero attached hydrogens (tertiary/aromatic N) is 2. The zero-order chi connectivity index (χ0) is 24.0. The molecule has 0 radical (unpaired) electrons. The minimum absolute atomic E-state index is 0.137. The highest BCUT2D eigenvalue weighted by molar-refractivity contribution is 6.09. The summed E-state index contributed by atoms with van der Waals surface area (Å²) >= 11 is 0. The minimum atomic E-state index is -1.59. The molecule has 1 aliphatic heterocycles. The lowest BCUT2D eigenvalue weighted by Gasteiger charge is -2.31. The number of hydrogen-bond donors (Lipinski definition) is 1. The molecule has 1 aromatic heterocycles. The van der Waals surface area contributed by atoms with E-state index in [-0.39, 0.29) is 17.6 Å². The van der Waals surface area contributed by atoms with E-state index in [2.05, 4.69) is 5.32 Å². The van der Waals surface area contributed by atoms with Crippen LogP contribution in [0.25, 0.3) is 11.0 Å². The molecule has 2 heterocycles. The van der Waals surface area contributed by atoms with Crippen LogP contribution in [0.15, 0.2) is 57.7 Å². The number of para-hydroxylation sites is 2. The van der Waals surface area contributed by atoms with Crippen molar-refractivity contribution in [3.63, 3.8) is 0 Å². The fourth-order valence-corrected chi connectivity index (χ4v) is 4.23. The summed E-state index contributed by atoms with van der Waals surface area (Å²) in [5.74, 6) is -0.407. The van der Waals surface area contributed by atoms with E-state index in [0.29, 0.717) is 22.2 Å².